The summed E-state index contributed by atoms with van der Waals surface area (Å²) in [6.07, 6.45) is 0. The molecule has 19 heavy (non-hydrogen) atoms. The van der Waals surface area contributed by atoms with Gasteiger partial charge in [0.1, 0.15) is 0 Å². The zero-order valence-electron chi connectivity index (χ0n) is 12.3. The van der Waals surface area contributed by atoms with Crippen molar-refractivity contribution < 1.29 is 52.5 Å². The molecular weight excluding hydrogens is 319 g/mol. The molecule has 0 atom stereocenters. The molecule has 106 valence electrons. The van der Waals surface area contributed by atoms with Crippen LogP contribution in [0.15, 0.2) is 32.7 Å². The minimum Gasteiger partial charge on any atom is -1.00 e. The topological polar surface area (TPSA) is 26.3 Å². The van der Waals surface area contributed by atoms with E-state index in [2.05, 4.69) is 41.2 Å². The van der Waals surface area contributed by atoms with Crippen LogP contribution in [0.2, 0.25) is 0 Å². The van der Waals surface area contributed by atoms with E-state index in [1.165, 1.54) is 20.6 Å². The fourth-order valence-electron chi connectivity index (χ4n) is 1.98. The summed E-state index contributed by atoms with van der Waals surface area (Å²) < 4.78 is 6.71. The molecule has 0 saturated carbocycles. The monoisotopic (exact) mass is 338 g/mol. The summed E-state index contributed by atoms with van der Waals surface area (Å²) in [4.78, 5) is 11.5. The third-order valence-electron chi connectivity index (χ3n) is 3.66. The number of hydrogen-bond acceptors (Lipinski definition) is 2. The third-order valence-corrected chi connectivity index (χ3v) is 5.99. The Bertz CT molecular complexity index is 448. The SMILES string of the molecule is C=C(C)C(=O)[O][Ti+2][C]1=C(C)C(C)=C(C)C1(C)C.[Cl-].[Cl-]. The Morgan fingerprint density at radius 1 is 1.16 bits per heavy atom. The van der Waals surface area contributed by atoms with Gasteiger partial charge in [-0.3, -0.25) is 0 Å². The van der Waals surface area contributed by atoms with Crippen LogP contribution in [0, 0.1) is 5.41 Å². The van der Waals surface area contributed by atoms with Crippen LogP contribution in [0.3, 0.4) is 0 Å². The first-order chi connectivity index (χ1) is 7.69. The largest absolute Gasteiger partial charge is 1.00 e. The average molecular weight is 339 g/mol. The molecule has 0 saturated heterocycles. The Labute approximate surface area is 138 Å². The molecular formula is C14H20Cl2O2Ti. The van der Waals surface area contributed by atoms with Crippen LogP contribution in [-0.4, -0.2) is 5.97 Å². The van der Waals surface area contributed by atoms with Crippen LogP contribution < -0.4 is 24.8 Å². The number of rotatable bonds is 3. The van der Waals surface area contributed by atoms with Gasteiger partial charge in [-0.1, -0.05) is 0 Å². The molecule has 0 fully saturated rings. The average Bonchev–Trinajstić information content (AvgIpc) is 2.38. The van der Waals surface area contributed by atoms with Gasteiger partial charge in [0.05, 0.1) is 0 Å². The molecule has 2 nitrogen and oxygen atoms in total. The van der Waals surface area contributed by atoms with Crippen molar-refractivity contribution >= 4 is 5.97 Å². The fraction of sp³-hybridized carbons (Fsp3) is 0.500. The Morgan fingerprint density at radius 3 is 1.95 bits per heavy atom. The van der Waals surface area contributed by atoms with Gasteiger partial charge in [0.2, 0.25) is 0 Å². The third kappa shape index (κ3) is 4.22. The predicted octanol–water partition coefficient (Wildman–Crippen LogP) is -2.24. The molecule has 0 bridgehead atoms. The molecule has 0 radical (unpaired) electrons. The minimum absolute atomic E-state index is 0. The molecule has 1 rings (SSSR count). The molecule has 0 aliphatic heterocycles. The molecule has 0 aromatic carbocycles. The van der Waals surface area contributed by atoms with Crippen molar-refractivity contribution in [3.63, 3.8) is 0 Å². The van der Waals surface area contributed by atoms with Crippen LogP contribution in [0.25, 0.3) is 0 Å². The van der Waals surface area contributed by atoms with E-state index in [1.54, 1.807) is 6.92 Å². The minimum atomic E-state index is -0.855. The molecule has 0 heterocycles. The van der Waals surface area contributed by atoms with E-state index in [0.717, 1.165) is 0 Å². The number of halogens is 2. The number of carbonyl (C=O) groups excluding carboxylic acids is 1. The van der Waals surface area contributed by atoms with Gasteiger partial charge < -0.3 is 24.8 Å². The Kier molecular flexibility index (Phi) is 8.61. The maximum Gasteiger partial charge on any atom is -1.00 e. The first-order valence-corrected chi connectivity index (χ1v) is 7.13. The maximum atomic E-state index is 11.5. The van der Waals surface area contributed by atoms with E-state index >= 15 is 0 Å². The number of allylic oxidation sites excluding steroid dienone is 4. The van der Waals surface area contributed by atoms with Gasteiger partial charge >= 0.3 is 113 Å². The summed E-state index contributed by atoms with van der Waals surface area (Å²) in [5.74, 6) is -0.261. The van der Waals surface area contributed by atoms with Crippen molar-refractivity contribution in [2.75, 3.05) is 0 Å². The molecule has 0 unspecified atom stereocenters. The summed E-state index contributed by atoms with van der Waals surface area (Å²) in [5, 5.41) is 0. The van der Waals surface area contributed by atoms with E-state index in [0.29, 0.717) is 5.57 Å². The van der Waals surface area contributed by atoms with E-state index in [9.17, 15) is 4.79 Å². The number of carbonyl (C=O) groups is 1. The van der Waals surface area contributed by atoms with Crippen LogP contribution in [0.5, 0.6) is 0 Å². The van der Waals surface area contributed by atoms with Crippen LogP contribution >= 0.6 is 0 Å². The van der Waals surface area contributed by atoms with Crippen molar-refractivity contribution in [2.45, 2.75) is 41.5 Å². The van der Waals surface area contributed by atoms with Crippen molar-refractivity contribution in [3.05, 3.63) is 32.7 Å². The summed E-state index contributed by atoms with van der Waals surface area (Å²) in [5.41, 5.74) is 4.57. The van der Waals surface area contributed by atoms with Gasteiger partial charge in [0.25, 0.3) is 0 Å². The summed E-state index contributed by atoms with van der Waals surface area (Å²) in [6.45, 7) is 16.1. The molecule has 0 amide bonds. The zero-order chi connectivity index (χ0) is 13.4. The molecule has 1 aliphatic carbocycles. The molecule has 0 spiro atoms. The Morgan fingerprint density at radius 2 is 1.63 bits per heavy atom. The first-order valence-electron chi connectivity index (χ1n) is 5.72. The van der Waals surface area contributed by atoms with E-state index in [-0.39, 0.29) is 36.2 Å². The maximum absolute atomic E-state index is 11.5. The fourth-order valence-corrected chi connectivity index (χ4v) is 3.78. The second kappa shape index (κ2) is 7.68. The van der Waals surface area contributed by atoms with Gasteiger partial charge in [0, 0.05) is 0 Å². The van der Waals surface area contributed by atoms with Crippen LogP contribution in [0.4, 0.5) is 0 Å². The van der Waals surface area contributed by atoms with E-state index < -0.39 is 19.5 Å². The Hall–Kier alpha value is -0.0157. The van der Waals surface area contributed by atoms with Crippen molar-refractivity contribution in [1.82, 2.24) is 0 Å². The number of hydrogen-bond donors (Lipinski definition) is 0. The zero-order valence-corrected chi connectivity index (χ0v) is 15.4. The smallest absolute Gasteiger partial charge is 1.00 e. The quantitative estimate of drug-likeness (QED) is 0.430. The molecule has 0 aromatic heterocycles. The predicted molar refractivity (Wildman–Crippen MR) is 65.8 cm³/mol. The van der Waals surface area contributed by atoms with E-state index in [1.807, 2.05) is 0 Å². The molecule has 0 N–H and O–H groups in total. The van der Waals surface area contributed by atoms with Crippen LogP contribution in [-0.2, 0) is 27.7 Å². The molecule has 0 aromatic rings. The van der Waals surface area contributed by atoms with Crippen LogP contribution in [0.1, 0.15) is 41.5 Å². The van der Waals surface area contributed by atoms with E-state index in [4.69, 9.17) is 3.32 Å². The standard InChI is InChI=1S/C10H15.C4H6O2.2ClH.Ti/c1-7-6-10(4,5)9(3)8(7)2;1-3(2)4(5)6;;;/h1-5H3;1H2,2H3,(H,5,6);2*1H;/q;;;;+3/p-3. The van der Waals surface area contributed by atoms with Gasteiger partial charge in [-0.05, 0) is 0 Å². The molecule has 5 heteroatoms. The van der Waals surface area contributed by atoms with Gasteiger partial charge in [-0.15, -0.1) is 0 Å². The second-order valence-electron chi connectivity index (χ2n) is 5.15. The van der Waals surface area contributed by atoms with Gasteiger partial charge in [0.15, 0.2) is 0 Å². The second-order valence-corrected chi connectivity index (χ2v) is 6.57. The van der Waals surface area contributed by atoms with Crippen molar-refractivity contribution in [2.24, 2.45) is 5.41 Å². The summed E-state index contributed by atoms with van der Waals surface area (Å²) >= 11 is -0.855. The Balaban J connectivity index is 0. The normalized spacial score (nSPS) is 16.3. The van der Waals surface area contributed by atoms with Crippen molar-refractivity contribution in [3.8, 4) is 0 Å². The van der Waals surface area contributed by atoms with Gasteiger partial charge in [-0.25, -0.2) is 0 Å². The first kappa shape index (κ1) is 21.3. The van der Waals surface area contributed by atoms with Crippen molar-refractivity contribution in [1.29, 1.82) is 0 Å². The summed E-state index contributed by atoms with van der Waals surface area (Å²) in [7, 11) is 0. The van der Waals surface area contributed by atoms with Gasteiger partial charge in [-0.2, -0.15) is 0 Å². The summed E-state index contributed by atoms with van der Waals surface area (Å²) in [6, 6.07) is 0. The molecule has 1 aliphatic rings.